The minimum atomic E-state index is -0.635. The lowest BCUT2D eigenvalue weighted by Gasteiger charge is -2.12. The Morgan fingerprint density at radius 1 is 1.04 bits per heavy atom. The number of fused-ring (bicyclic) bond motifs is 1. The molecular weight excluding hydrogens is 362 g/mol. The number of nitro groups is 1. The molecule has 0 unspecified atom stereocenters. The van der Waals surface area contributed by atoms with Crippen LogP contribution in [-0.2, 0) is 0 Å². The molecule has 28 heavy (non-hydrogen) atoms. The Labute approximate surface area is 157 Å². The molecule has 8 heteroatoms. The summed E-state index contributed by atoms with van der Waals surface area (Å²) in [6.07, 6.45) is 2.98. The van der Waals surface area contributed by atoms with Crippen LogP contribution in [0.25, 0.3) is 28.7 Å². The molecule has 0 aliphatic rings. The number of phenols is 1. The molecule has 2 aromatic heterocycles. The van der Waals surface area contributed by atoms with Crippen LogP contribution in [0.1, 0.15) is 11.6 Å². The second-order valence-electron chi connectivity index (χ2n) is 5.88. The number of phenolic OH excluding ortho intramolecular Hbond substituents is 1. The number of aromatic hydroxyl groups is 1. The van der Waals surface area contributed by atoms with Crippen molar-refractivity contribution in [3.63, 3.8) is 0 Å². The normalized spacial score (nSPS) is 11.3. The smallest absolute Gasteiger partial charge is 0.433 e. The molecule has 138 valence electrons. The predicted molar refractivity (Wildman–Crippen MR) is 103 cm³/mol. The van der Waals surface area contributed by atoms with Crippen molar-refractivity contribution in [3.8, 4) is 11.4 Å². The highest BCUT2D eigenvalue weighted by Crippen LogP contribution is 2.23. The van der Waals surface area contributed by atoms with Crippen molar-refractivity contribution < 1.29 is 14.4 Å². The number of furan rings is 1. The zero-order valence-electron chi connectivity index (χ0n) is 14.4. The first-order chi connectivity index (χ1) is 13.5. The first-order valence-electron chi connectivity index (χ1n) is 8.27. The van der Waals surface area contributed by atoms with E-state index in [2.05, 4.69) is 4.98 Å². The molecule has 0 aliphatic carbocycles. The molecule has 0 radical (unpaired) electrons. The fourth-order valence-electron chi connectivity index (χ4n) is 2.83. The third-order valence-corrected chi connectivity index (χ3v) is 4.11. The molecule has 4 rings (SSSR count). The first-order valence-corrected chi connectivity index (χ1v) is 8.27. The minimum absolute atomic E-state index is 0.0787. The first kappa shape index (κ1) is 17.2. The standard InChI is InChI=1S/C20H13N3O5/c24-17-8-4-3-7-16(17)22-18(11-9-13-10-12-19(28-13)23(26)27)21-15-6-2-1-5-14(15)20(22)25/h1-12,24H/b11-9+. The van der Waals surface area contributed by atoms with Gasteiger partial charge in [-0.3, -0.25) is 19.5 Å². The Balaban J connectivity index is 1.92. The summed E-state index contributed by atoms with van der Waals surface area (Å²) in [5.74, 6) is 0.0105. The summed E-state index contributed by atoms with van der Waals surface area (Å²) in [7, 11) is 0. The summed E-state index contributed by atoms with van der Waals surface area (Å²) < 4.78 is 6.39. The molecular formula is C20H13N3O5. The third-order valence-electron chi connectivity index (χ3n) is 4.11. The predicted octanol–water partition coefficient (Wildman–Crippen LogP) is 3.76. The van der Waals surface area contributed by atoms with Gasteiger partial charge in [0.1, 0.15) is 22.3 Å². The quantitative estimate of drug-likeness (QED) is 0.429. The maximum Gasteiger partial charge on any atom is 0.433 e. The lowest BCUT2D eigenvalue weighted by Crippen LogP contribution is -2.22. The minimum Gasteiger partial charge on any atom is -0.506 e. The van der Waals surface area contributed by atoms with Crippen molar-refractivity contribution in [1.29, 1.82) is 0 Å². The molecule has 1 N–H and O–H groups in total. The number of aromatic nitrogens is 2. The summed E-state index contributed by atoms with van der Waals surface area (Å²) in [4.78, 5) is 27.7. The Hall–Kier alpha value is -4.20. The van der Waals surface area contributed by atoms with E-state index >= 15 is 0 Å². The van der Waals surface area contributed by atoms with E-state index in [0.717, 1.165) is 0 Å². The summed E-state index contributed by atoms with van der Waals surface area (Å²) in [6, 6.07) is 16.0. The number of benzene rings is 2. The Bertz CT molecular complexity index is 1290. The molecule has 0 aliphatic heterocycles. The van der Waals surface area contributed by atoms with Gasteiger partial charge in [0.15, 0.2) is 0 Å². The molecule has 2 aromatic carbocycles. The number of para-hydroxylation sites is 3. The third kappa shape index (κ3) is 3.03. The van der Waals surface area contributed by atoms with E-state index < -0.39 is 4.92 Å². The van der Waals surface area contributed by atoms with Gasteiger partial charge in [-0.25, -0.2) is 4.98 Å². The monoisotopic (exact) mass is 375 g/mol. The molecule has 0 amide bonds. The molecule has 2 heterocycles. The van der Waals surface area contributed by atoms with Crippen molar-refractivity contribution in [2.24, 2.45) is 0 Å². The van der Waals surface area contributed by atoms with E-state index in [1.165, 1.54) is 34.9 Å². The topological polar surface area (TPSA) is 111 Å². The zero-order valence-corrected chi connectivity index (χ0v) is 14.4. The fourth-order valence-corrected chi connectivity index (χ4v) is 2.83. The van der Waals surface area contributed by atoms with Gasteiger partial charge in [-0.15, -0.1) is 0 Å². The van der Waals surface area contributed by atoms with Crippen LogP contribution in [0.2, 0.25) is 0 Å². The van der Waals surface area contributed by atoms with Crippen molar-refractivity contribution in [3.05, 3.63) is 92.7 Å². The van der Waals surface area contributed by atoms with Crippen LogP contribution in [0.3, 0.4) is 0 Å². The SMILES string of the molecule is O=c1c2ccccc2nc(/C=C/c2ccc([N+](=O)[O-])o2)n1-c1ccccc1O. The fraction of sp³-hybridized carbons (Fsp3) is 0. The van der Waals surface area contributed by atoms with Crippen LogP contribution < -0.4 is 5.56 Å². The number of hydrogen-bond donors (Lipinski definition) is 1. The number of hydrogen-bond acceptors (Lipinski definition) is 6. The van der Waals surface area contributed by atoms with Gasteiger partial charge in [0.25, 0.3) is 5.56 Å². The average molecular weight is 375 g/mol. The lowest BCUT2D eigenvalue weighted by atomic mass is 10.2. The zero-order chi connectivity index (χ0) is 19.7. The largest absolute Gasteiger partial charge is 0.506 e. The van der Waals surface area contributed by atoms with Gasteiger partial charge >= 0.3 is 5.88 Å². The van der Waals surface area contributed by atoms with Gasteiger partial charge in [0.05, 0.1) is 22.7 Å². The lowest BCUT2D eigenvalue weighted by molar-refractivity contribution is -0.402. The van der Waals surface area contributed by atoms with Crippen LogP contribution >= 0.6 is 0 Å². The van der Waals surface area contributed by atoms with E-state index in [-0.39, 0.29) is 34.5 Å². The van der Waals surface area contributed by atoms with Crippen LogP contribution in [-0.4, -0.2) is 19.6 Å². The van der Waals surface area contributed by atoms with E-state index in [1.807, 2.05) is 0 Å². The second-order valence-corrected chi connectivity index (χ2v) is 5.88. The summed E-state index contributed by atoms with van der Waals surface area (Å²) in [5.41, 5.74) is 0.414. The van der Waals surface area contributed by atoms with Gasteiger partial charge in [-0.2, -0.15) is 0 Å². The van der Waals surface area contributed by atoms with E-state index in [9.17, 15) is 20.0 Å². The summed E-state index contributed by atoms with van der Waals surface area (Å²) in [5, 5.41) is 21.4. The maximum absolute atomic E-state index is 13.1. The highest BCUT2D eigenvalue weighted by atomic mass is 16.6. The van der Waals surface area contributed by atoms with Gasteiger partial charge < -0.3 is 9.52 Å². The van der Waals surface area contributed by atoms with Gasteiger partial charge in [-0.05, 0) is 42.5 Å². The van der Waals surface area contributed by atoms with Crippen LogP contribution in [0.5, 0.6) is 5.75 Å². The van der Waals surface area contributed by atoms with Crippen LogP contribution in [0, 0.1) is 10.1 Å². The molecule has 0 saturated carbocycles. The van der Waals surface area contributed by atoms with Crippen LogP contribution in [0.4, 0.5) is 5.88 Å². The summed E-state index contributed by atoms with van der Waals surface area (Å²) >= 11 is 0. The molecule has 4 aromatic rings. The van der Waals surface area contributed by atoms with Gasteiger partial charge in [0.2, 0.25) is 0 Å². The van der Waals surface area contributed by atoms with E-state index in [1.54, 1.807) is 42.5 Å². The van der Waals surface area contributed by atoms with Crippen molar-refractivity contribution in [1.82, 2.24) is 9.55 Å². The molecule has 0 fully saturated rings. The molecule has 0 atom stereocenters. The van der Waals surface area contributed by atoms with Crippen molar-refractivity contribution in [2.75, 3.05) is 0 Å². The Morgan fingerprint density at radius 2 is 1.79 bits per heavy atom. The van der Waals surface area contributed by atoms with Crippen LogP contribution in [0.15, 0.2) is 69.9 Å². The second kappa shape index (κ2) is 6.84. The molecule has 0 spiro atoms. The number of rotatable bonds is 4. The van der Waals surface area contributed by atoms with Gasteiger partial charge in [0, 0.05) is 0 Å². The number of nitrogens with zero attached hydrogens (tertiary/aromatic N) is 3. The Kier molecular flexibility index (Phi) is 4.21. The molecule has 0 bridgehead atoms. The average Bonchev–Trinajstić information content (AvgIpc) is 3.17. The Morgan fingerprint density at radius 3 is 2.54 bits per heavy atom. The molecule has 8 nitrogen and oxygen atoms in total. The van der Waals surface area contributed by atoms with E-state index in [0.29, 0.717) is 10.9 Å². The van der Waals surface area contributed by atoms with Crippen molar-refractivity contribution in [2.45, 2.75) is 0 Å². The maximum atomic E-state index is 13.1. The highest BCUT2D eigenvalue weighted by molar-refractivity contribution is 5.80. The summed E-state index contributed by atoms with van der Waals surface area (Å²) in [6.45, 7) is 0. The highest BCUT2D eigenvalue weighted by Gasteiger charge is 2.14. The van der Waals surface area contributed by atoms with Gasteiger partial charge in [-0.1, -0.05) is 24.3 Å². The van der Waals surface area contributed by atoms with E-state index in [4.69, 9.17) is 4.42 Å². The van der Waals surface area contributed by atoms with Crippen molar-refractivity contribution >= 4 is 28.9 Å². The molecule has 0 saturated heterocycles.